The van der Waals surface area contributed by atoms with Gasteiger partial charge in [-0.1, -0.05) is 80.5 Å². The van der Waals surface area contributed by atoms with Crippen molar-refractivity contribution in [2.24, 2.45) is 22.2 Å². The van der Waals surface area contributed by atoms with E-state index in [0.717, 1.165) is 31.7 Å². The van der Waals surface area contributed by atoms with Gasteiger partial charge in [-0.25, -0.2) is 0 Å². The first-order valence-corrected chi connectivity index (χ1v) is 11.1. The normalized spacial score (nSPS) is 31.0. The number of hydrogen-bond donors (Lipinski definition) is 0. The van der Waals surface area contributed by atoms with E-state index in [1.807, 2.05) is 0 Å². The van der Waals surface area contributed by atoms with Crippen molar-refractivity contribution in [1.82, 2.24) is 0 Å². The summed E-state index contributed by atoms with van der Waals surface area (Å²) in [5, 5.41) is 0. The van der Waals surface area contributed by atoms with Gasteiger partial charge in [-0.05, 0) is 60.3 Å². The number of hydrogen-bond acceptors (Lipinski definition) is 1. The highest BCUT2D eigenvalue weighted by molar-refractivity contribution is 6.07. The van der Waals surface area contributed by atoms with Crippen LogP contribution in [0.5, 0.6) is 0 Å². The van der Waals surface area contributed by atoms with E-state index >= 15 is 0 Å². The molecule has 3 aliphatic carbocycles. The summed E-state index contributed by atoms with van der Waals surface area (Å²) in [4.78, 5) is 5.11. The van der Waals surface area contributed by atoms with Crippen molar-refractivity contribution in [2.75, 3.05) is 6.54 Å². The number of rotatable bonds is 4. The summed E-state index contributed by atoms with van der Waals surface area (Å²) in [6.45, 7) is 3.52. The molecular formula is C27H31N. The zero-order valence-electron chi connectivity index (χ0n) is 17.0. The van der Waals surface area contributed by atoms with Gasteiger partial charge in [-0.2, -0.15) is 0 Å². The first-order valence-electron chi connectivity index (χ1n) is 11.1. The zero-order valence-corrected chi connectivity index (χ0v) is 17.0. The molecule has 0 saturated heterocycles. The van der Waals surface area contributed by atoms with Crippen LogP contribution in [0.25, 0.3) is 0 Å². The van der Waals surface area contributed by atoms with Crippen LogP contribution in [-0.2, 0) is 6.42 Å². The molecule has 28 heavy (non-hydrogen) atoms. The molecule has 1 aliphatic heterocycles. The van der Waals surface area contributed by atoms with Gasteiger partial charge in [0, 0.05) is 23.6 Å². The van der Waals surface area contributed by atoms with E-state index in [1.54, 1.807) is 0 Å². The van der Waals surface area contributed by atoms with Crippen molar-refractivity contribution in [3.05, 3.63) is 83.0 Å². The fourth-order valence-electron chi connectivity index (χ4n) is 5.83. The van der Waals surface area contributed by atoms with E-state index in [2.05, 4.69) is 67.6 Å². The van der Waals surface area contributed by atoms with Crippen molar-refractivity contribution in [3.63, 3.8) is 0 Å². The van der Waals surface area contributed by atoms with Crippen molar-refractivity contribution >= 4 is 5.71 Å². The number of nitrogens with zero attached hydrogens (tertiary/aromatic N) is 1. The minimum atomic E-state index is 0.295. The molecule has 0 amide bonds. The molecule has 1 saturated carbocycles. The number of aliphatic imine (C=N–C) groups is 1. The van der Waals surface area contributed by atoms with Crippen LogP contribution in [-0.4, -0.2) is 12.3 Å². The number of benzene rings is 1. The average Bonchev–Trinajstić information content (AvgIpc) is 3.09. The zero-order chi connectivity index (χ0) is 19.0. The lowest BCUT2D eigenvalue weighted by Crippen LogP contribution is -2.35. The third-order valence-corrected chi connectivity index (χ3v) is 7.56. The van der Waals surface area contributed by atoms with Gasteiger partial charge in [0.15, 0.2) is 0 Å². The van der Waals surface area contributed by atoms with E-state index < -0.39 is 0 Å². The summed E-state index contributed by atoms with van der Waals surface area (Å²) in [7, 11) is 0. The lowest BCUT2D eigenvalue weighted by atomic mass is 9.65. The van der Waals surface area contributed by atoms with Gasteiger partial charge in [0.2, 0.25) is 0 Å². The van der Waals surface area contributed by atoms with Crippen LogP contribution >= 0.6 is 0 Å². The first kappa shape index (κ1) is 17.9. The second-order valence-corrected chi connectivity index (χ2v) is 9.18. The van der Waals surface area contributed by atoms with Crippen molar-refractivity contribution in [3.8, 4) is 0 Å². The topological polar surface area (TPSA) is 12.4 Å². The van der Waals surface area contributed by atoms with Gasteiger partial charge in [0.25, 0.3) is 0 Å². The maximum atomic E-state index is 5.11. The third-order valence-electron chi connectivity index (χ3n) is 7.56. The Morgan fingerprint density at radius 1 is 1.07 bits per heavy atom. The summed E-state index contributed by atoms with van der Waals surface area (Å²) < 4.78 is 0. The molecule has 0 radical (unpaired) electrons. The fourth-order valence-corrected chi connectivity index (χ4v) is 5.83. The first-order chi connectivity index (χ1) is 13.8. The molecule has 1 nitrogen and oxygen atoms in total. The van der Waals surface area contributed by atoms with Gasteiger partial charge in [-0.3, -0.25) is 4.99 Å². The molecule has 3 atom stereocenters. The average molecular weight is 370 g/mol. The monoisotopic (exact) mass is 369 g/mol. The van der Waals surface area contributed by atoms with Crippen molar-refractivity contribution in [1.29, 1.82) is 0 Å². The Kier molecular flexibility index (Phi) is 4.70. The molecule has 0 N–H and O–H groups in total. The molecule has 0 aromatic heterocycles. The third kappa shape index (κ3) is 3.05. The maximum Gasteiger partial charge on any atom is 0.0485 e. The standard InChI is InChI=1S/C27H31N/c1-27-18-7-6-13-23(27)19-28-26(27)25-15-5-3-10-22(25)17-16-21-12-8-11-20-9-2-4-14-24(20)21/h2-5,8,10-12,14-15,20,23H,6-7,9,13,16-19H2,1H3. The van der Waals surface area contributed by atoms with Crippen LogP contribution in [0, 0.1) is 17.3 Å². The summed E-state index contributed by atoms with van der Waals surface area (Å²) in [6, 6.07) is 9.07. The van der Waals surface area contributed by atoms with E-state index in [0.29, 0.717) is 11.3 Å². The molecule has 0 spiro atoms. The summed E-state index contributed by atoms with van der Waals surface area (Å²) in [5.74, 6) is 1.34. The highest BCUT2D eigenvalue weighted by Crippen LogP contribution is 2.48. The molecule has 4 aliphatic rings. The smallest absolute Gasteiger partial charge is 0.0485 e. The molecule has 1 aromatic rings. The Morgan fingerprint density at radius 2 is 2.00 bits per heavy atom. The molecule has 1 heteroatoms. The van der Waals surface area contributed by atoms with Gasteiger partial charge in [-0.15, -0.1) is 0 Å². The highest BCUT2D eigenvalue weighted by atomic mass is 14.8. The minimum absolute atomic E-state index is 0.295. The molecule has 1 aromatic carbocycles. The van der Waals surface area contributed by atoms with E-state index in [9.17, 15) is 0 Å². The predicted octanol–water partition coefficient (Wildman–Crippen LogP) is 6.62. The number of allylic oxidation sites excluding steroid dienone is 8. The van der Waals surface area contributed by atoms with Crippen LogP contribution in [0.1, 0.15) is 56.6 Å². The Labute approximate surface area is 169 Å². The van der Waals surface area contributed by atoms with E-state index in [-0.39, 0.29) is 0 Å². The summed E-state index contributed by atoms with van der Waals surface area (Å²) >= 11 is 0. The largest absolute Gasteiger partial charge is 0.288 e. The molecule has 144 valence electrons. The molecular weight excluding hydrogens is 338 g/mol. The number of aryl methyl sites for hydroxylation is 1. The Hall–Kier alpha value is -2.15. The van der Waals surface area contributed by atoms with Crippen LogP contribution in [0.3, 0.4) is 0 Å². The van der Waals surface area contributed by atoms with Crippen LogP contribution in [0.2, 0.25) is 0 Å². The predicted molar refractivity (Wildman–Crippen MR) is 119 cm³/mol. The fraction of sp³-hybridized carbons (Fsp3) is 0.444. The second-order valence-electron chi connectivity index (χ2n) is 9.18. The molecule has 0 bridgehead atoms. The summed E-state index contributed by atoms with van der Waals surface area (Å²) in [5.41, 5.74) is 7.65. The maximum absolute atomic E-state index is 5.11. The SMILES string of the molecule is CC12CCCCC1CN=C2c1ccccc1CCC1=CC=CC2CC=CC=C12. The Morgan fingerprint density at radius 3 is 2.96 bits per heavy atom. The molecule has 1 heterocycles. The highest BCUT2D eigenvalue weighted by Gasteiger charge is 2.45. The summed E-state index contributed by atoms with van der Waals surface area (Å²) in [6.07, 6.45) is 22.5. The molecule has 5 rings (SSSR count). The quantitative estimate of drug-likeness (QED) is 0.566. The second kappa shape index (κ2) is 7.35. The minimum Gasteiger partial charge on any atom is -0.288 e. The van der Waals surface area contributed by atoms with Crippen LogP contribution in [0.15, 0.2) is 76.9 Å². The molecule has 1 fully saturated rings. The van der Waals surface area contributed by atoms with Gasteiger partial charge >= 0.3 is 0 Å². The number of fused-ring (bicyclic) bond motifs is 2. The van der Waals surface area contributed by atoms with Crippen LogP contribution in [0.4, 0.5) is 0 Å². The Balaban J connectivity index is 1.39. The van der Waals surface area contributed by atoms with Crippen molar-refractivity contribution in [2.45, 2.75) is 51.9 Å². The van der Waals surface area contributed by atoms with Gasteiger partial charge in [0.1, 0.15) is 0 Å². The lowest BCUT2D eigenvalue weighted by Gasteiger charge is -2.37. The van der Waals surface area contributed by atoms with Crippen molar-refractivity contribution < 1.29 is 0 Å². The van der Waals surface area contributed by atoms with E-state index in [4.69, 9.17) is 4.99 Å². The Bertz CT molecular complexity index is 910. The van der Waals surface area contributed by atoms with E-state index in [1.165, 1.54) is 53.7 Å². The lowest BCUT2D eigenvalue weighted by molar-refractivity contribution is 0.220. The van der Waals surface area contributed by atoms with Crippen LogP contribution < -0.4 is 0 Å². The van der Waals surface area contributed by atoms with Gasteiger partial charge < -0.3 is 0 Å². The molecule has 3 unspecified atom stereocenters. The van der Waals surface area contributed by atoms with Gasteiger partial charge in [0.05, 0.1) is 0 Å².